The van der Waals surface area contributed by atoms with Gasteiger partial charge in [-0.2, -0.15) is 0 Å². The molecule has 0 aliphatic carbocycles. The average Bonchev–Trinajstić information content (AvgIpc) is 3.23. The van der Waals surface area contributed by atoms with Crippen LogP contribution in [0.5, 0.6) is 5.75 Å². The number of pyridine rings is 1. The van der Waals surface area contributed by atoms with E-state index in [-0.39, 0.29) is 17.1 Å². The number of aliphatic hydroxyl groups is 1. The van der Waals surface area contributed by atoms with E-state index in [0.29, 0.717) is 32.5 Å². The quantitative estimate of drug-likeness (QED) is 0.424. The van der Waals surface area contributed by atoms with Crippen LogP contribution in [0.3, 0.4) is 0 Å². The molecule has 0 radical (unpaired) electrons. The Labute approximate surface area is 177 Å². The van der Waals surface area contributed by atoms with Crippen molar-refractivity contribution in [1.29, 1.82) is 0 Å². The molecule has 2 aromatic carbocycles. The Balaban J connectivity index is 2.11. The lowest BCUT2D eigenvalue weighted by Crippen LogP contribution is -2.35. The topological polar surface area (TPSA) is 108 Å². The number of hydrogen-bond acceptors (Lipinski definition) is 6. The molecule has 7 nitrogen and oxygen atoms in total. The Morgan fingerprint density at radius 3 is 2.70 bits per heavy atom. The van der Waals surface area contributed by atoms with Crippen LogP contribution in [0.4, 0.5) is 0 Å². The van der Waals surface area contributed by atoms with Crippen molar-refractivity contribution in [3.8, 4) is 16.9 Å². The second kappa shape index (κ2) is 7.84. The Morgan fingerprint density at radius 2 is 1.97 bits per heavy atom. The zero-order valence-electron chi connectivity index (χ0n) is 16.3. The Hall–Kier alpha value is -2.72. The smallest absolute Gasteiger partial charge is 0.266 e. The number of sulfonamides is 1. The third kappa shape index (κ3) is 3.39. The van der Waals surface area contributed by atoms with E-state index in [1.54, 1.807) is 37.3 Å². The highest BCUT2D eigenvalue weighted by atomic mass is 32.2. The lowest BCUT2D eigenvalue weighted by molar-refractivity contribution is 0.265. The minimum atomic E-state index is -3.93. The highest BCUT2D eigenvalue weighted by Crippen LogP contribution is 2.42. The van der Waals surface area contributed by atoms with Crippen LogP contribution in [0.15, 0.2) is 57.5 Å². The van der Waals surface area contributed by atoms with Crippen molar-refractivity contribution < 1.29 is 18.3 Å². The average molecular weight is 445 g/mol. The van der Waals surface area contributed by atoms with Crippen molar-refractivity contribution in [1.82, 2.24) is 9.71 Å². The van der Waals surface area contributed by atoms with Gasteiger partial charge in [0.15, 0.2) is 0 Å². The minimum absolute atomic E-state index is 0.0608. The molecule has 0 fully saturated rings. The lowest BCUT2D eigenvalue weighted by Gasteiger charge is -2.18. The molecular formula is C21H20N2O5S2. The molecule has 0 saturated heterocycles. The third-order valence-corrected chi connectivity index (χ3v) is 7.41. The van der Waals surface area contributed by atoms with Crippen LogP contribution in [-0.2, 0) is 10.0 Å². The van der Waals surface area contributed by atoms with E-state index in [9.17, 15) is 18.3 Å². The van der Waals surface area contributed by atoms with Crippen LogP contribution in [0, 0.1) is 0 Å². The van der Waals surface area contributed by atoms with E-state index in [1.807, 2.05) is 11.4 Å². The van der Waals surface area contributed by atoms with Gasteiger partial charge in [-0.1, -0.05) is 18.2 Å². The van der Waals surface area contributed by atoms with E-state index in [1.165, 1.54) is 24.5 Å². The number of methoxy groups -OCH3 is 1. The van der Waals surface area contributed by atoms with E-state index >= 15 is 0 Å². The highest BCUT2D eigenvalue weighted by Gasteiger charge is 2.25. The molecule has 3 N–H and O–H groups in total. The van der Waals surface area contributed by atoms with Gasteiger partial charge in [0.1, 0.15) is 10.4 Å². The first-order valence-electron chi connectivity index (χ1n) is 9.20. The van der Waals surface area contributed by atoms with Gasteiger partial charge in [0, 0.05) is 33.5 Å². The van der Waals surface area contributed by atoms with Gasteiger partial charge in [-0.15, -0.1) is 11.3 Å². The molecule has 0 aliphatic heterocycles. The van der Waals surface area contributed by atoms with Crippen LogP contribution in [0.2, 0.25) is 0 Å². The van der Waals surface area contributed by atoms with Gasteiger partial charge in [0.25, 0.3) is 5.56 Å². The molecule has 2 aromatic heterocycles. The number of aliphatic hydroxyl groups excluding tert-OH is 1. The Bertz CT molecular complexity index is 1410. The first-order valence-corrected chi connectivity index (χ1v) is 11.6. The molecule has 0 aliphatic rings. The number of benzene rings is 2. The summed E-state index contributed by atoms with van der Waals surface area (Å²) in [5.74, 6) is 0.486. The van der Waals surface area contributed by atoms with Gasteiger partial charge in [-0.05, 0) is 36.6 Å². The lowest BCUT2D eigenvalue weighted by atomic mass is 9.97. The summed E-state index contributed by atoms with van der Waals surface area (Å²) in [5, 5.41) is 12.6. The number of ether oxygens (including phenoxy) is 1. The van der Waals surface area contributed by atoms with Gasteiger partial charge in [0.2, 0.25) is 10.0 Å². The molecular weight excluding hydrogens is 424 g/mol. The Morgan fingerprint density at radius 1 is 1.20 bits per heavy atom. The number of rotatable bonds is 6. The maximum Gasteiger partial charge on any atom is 0.266 e. The molecule has 2 heterocycles. The zero-order valence-corrected chi connectivity index (χ0v) is 17.9. The van der Waals surface area contributed by atoms with Crippen LogP contribution in [-0.4, -0.2) is 38.3 Å². The SMILES string of the molecule is COc1ccc2[nH]c(=O)c3sccc3c2c1-c1ccccc1S(=O)(=O)NC(C)CO. The highest BCUT2D eigenvalue weighted by molar-refractivity contribution is 7.89. The van der Waals surface area contributed by atoms with Crippen molar-refractivity contribution in [2.45, 2.75) is 17.9 Å². The summed E-state index contributed by atoms with van der Waals surface area (Å²) in [4.78, 5) is 15.4. The zero-order chi connectivity index (χ0) is 21.5. The normalized spacial score (nSPS) is 13.0. The van der Waals surface area contributed by atoms with Crippen LogP contribution >= 0.6 is 11.3 Å². The summed E-state index contributed by atoms with van der Waals surface area (Å²) in [7, 11) is -2.41. The minimum Gasteiger partial charge on any atom is -0.496 e. The van der Waals surface area contributed by atoms with E-state index in [0.717, 1.165) is 5.39 Å². The molecule has 4 aromatic rings. The second-order valence-electron chi connectivity index (χ2n) is 6.88. The molecule has 0 amide bonds. The number of H-pyrrole nitrogens is 1. The number of aromatic nitrogens is 1. The fraction of sp³-hybridized carbons (Fsp3) is 0.190. The Kier molecular flexibility index (Phi) is 5.37. The number of aromatic amines is 1. The monoisotopic (exact) mass is 444 g/mol. The van der Waals surface area contributed by atoms with Gasteiger partial charge < -0.3 is 14.8 Å². The molecule has 1 atom stereocenters. The molecule has 156 valence electrons. The predicted molar refractivity (Wildman–Crippen MR) is 119 cm³/mol. The number of fused-ring (bicyclic) bond motifs is 3. The number of nitrogens with one attached hydrogen (secondary N) is 2. The molecule has 0 spiro atoms. The van der Waals surface area contributed by atoms with Gasteiger partial charge in [0.05, 0.1) is 18.6 Å². The van der Waals surface area contributed by atoms with Crippen molar-refractivity contribution in [2.75, 3.05) is 13.7 Å². The molecule has 9 heteroatoms. The summed E-state index contributed by atoms with van der Waals surface area (Å²) >= 11 is 1.32. The standard InChI is InChI=1S/C21H20N2O5S2/c1-12(11-24)23-30(26,27)17-6-4-3-5-13(17)19-16(28-2)8-7-15-18(19)14-9-10-29-20(14)21(25)22-15/h3-10,12,23-24H,11H2,1-2H3,(H,22,25). The summed E-state index contributed by atoms with van der Waals surface area (Å²) in [6.45, 7) is 1.26. The van der Waals surface area contributed by atoms with Crippen LogP contribution < -0.4 is 15.0 Å². The molecule has 0 bridgehead atoms. The van der Waals surface area contributed by atoms with E-state index in [2.05, 4.69) is 9.71 Å². The van der Waals surface area contributed by atoms with Gasteiger partial charge >= 0.3 is 0 Å². The molecule has 0 saturated carbocycles. The van der Waals surface area contributed by atoms with Crippen LogP contribution in [0.25, 0.3) is 32.1 Å². The molecule has 30 heavy (non-hydrogen) atoms. The number of thiophene rings is 1. The largest absolute Gasteiger partial charge is 0.496 e. The van der Waals surface area contributed by atoms with Crippen molar-refractivity contribution in [3.05, 3.63) is 58.2 Å². The molecule has 1 unspecified atom stereocenters. The maximum absolute atomic E-state index is 13.1. The maximum atomic E-state index is 13.1. The summed E-state index contributed by atoms with van der Waals surface area (Å²) in [5.41, 5.74) is 1.41. The third-order valence-electron chi connectivity index (χ3n) is 4.85. The summed E-state index contributed by atoms with van der Waals surface area (Å²) in [6.07, 6.45) is 0. The second-order valence-corrected chi connectivity index (χ2v) is 9.48. The van der Waals surface area contributed by atoms with Crippen LogP contribution in [0.1, 0.15) is 6.92 Å². The number of hydrogen-bond donors (Lipinski definition) is 3. The van der Waals surface area contributed by atoms with E-state index < -0.39 is 16.1 Å². The van der Waals surface area contributed by atoms with Gasteiger partial charge in [-0.25, -0.2) is 13.1 Å². The van der Waals surface area contributed by atoms with Crippen molar-refractivity contribution in [2.24, 2.45) is 0 Å². The first-order chi connectivity index (χ1) is 14.4. The van der Waals surface area contributed by atoms with Crippen molar-refractivity contribution in [3.63, 3.8) is 0 Å². The van der Waals surface area contributed by atoms with Gasteiger partial charge in [-0.3, -0.25) is 4.79 Å². The van der Waals surface area contributed by atoms with E-state index in [4.69, 9.17) is 4.74 Å². The predicted octanol–water partition coefficient (Wildman–Crippen LogP) is 3.08. The fourth-order valence-electron chi connectivity index (χ4n) is 3.54. The first kappa shape index (κ1) is 20.5. The summed E-state index contributed by atoms with van der Waals surface area (Å²) < 4.78 is 34.8. The van der Waals surface area contributed by atoms with Crippen molar-refractivity contribution >= 4 is 42.3 Å². The summed E-state index contributed by atoms with van der Waals surface area (Å²) in [6, 6.07) is 11.3. The fourth-order valence-corrected chi connectivity index (χ4v) is 5.78. The molecule has 4 rings (SSSR count).